The topological polar surface area (TPSA) is 168 Å². The van der Waals surface area contributed by atoms with Crippen LogP contribution in [0.25, 0.3) is 0 Å². The van der Waals surface area contributed by atoms with E-state index in [1.54, 1.807) is 12.1 Å². The van der Waals surface area contributed by atoms with Gasteiger partial charge in [-0.3, -0.25) is 34.2 Å². The van der Waals surface area contributed by atoms with Crippen molar-refractivity contribution in [3.63, 3.8) is 0 Å². The lowest BCUT2D eigenvalue weighted by atomic mass is 10.0. The number of nitrogens with zero attached hydrogens (tertiary/aromatic N) is 1. The van der Waals surface area contributed by atoms with Gasteiger partial charge in [-0.2, -0.15) is 0 Å². The average Bonchev–Trinajstić information content (AvgIpc) is 3.31. The molecule has 2 heterocycles. The predicted molar refractivity (Wildman–Crippen MR) is 187 cm³/mol. The number of amides is 5. The van der Waals surface area contributed by atoms with Crippen LogP contribution in [-0.4, -0.2) is 121 Å². The van der Waals surface area contributed by atoms with Crippen molar-refractivity contribution in [3.8, 4) is 0 Å². The zero-order valence-corrected chi connectivity index (χ0v) is 31.3. The normalized spacial score (nSPS) is 16.6. The first kappa shape index (κ1) is 41.4. The molecule has 0 aliphatic carbocycles. The van der Waals surface area contributed by atoms with Crippen molar-refractivity contribution >= 4 is 43.5 Å². The van der Waals surface area contributed by atoms with E-state index in [-0.39, 0.29) is 47.0 Å². The molecule has 50 heavy (non-hydrogen) atoms. The Kier molecular flexibility index (Phi) is 17.1. The number of hydrogen-bond donors (Lipinski definition) is 2. The van der Waals surface area contributed by atoms with Gasteiger partial charge >= 0.3 is 0 Å². The second-order valence-corrected chi connectivity index (χ2v) is 18.5. The van der Waals surface area contributed by atoms with Crippen LogP contribution >= 0.6 is 0 Å². The molecule has 0 aromatic heterocycles. The van der Waals surface area contributed by atoms with Crippen LogP contribution < -0.4 is 10.6 Å². The number of imide groups is 2. The first-order valence-electron chi connectivity index (χ1n) is 17.5. The molecule has 0 saturated carbocycles. The minimum absolute atomic E-state index is 0.0336. The summed E-state index contributed by atoms with van der Waals surface area (Å²) in [7, 11) is -1.73. The maximum Gasteiger partial charge on any atom is 0.264 e. The van der Waals surface area contributed by atoms with Gasteiger partial charge < -0.3 is 33.4 Å². The first-order valence-corrected chi connectivity index (χ1v) is 20.4. The number of anilines is 1. The Labute approximate surface area is 296 Å². The Morgan fingerprint density at radius 3 is 1.92 bits per heavy atom. The van der Waals surface area contributed by atoms with Gasteiger partial charge in [0, 0.05) is 19.4 Å². The van der Waals surface area contributed by atoms with Gasteiger partial charge in [-0.25, -0.2) is 0 Å². The molecule has 280 valence electrons. The largest absolute Gasteiger partial charge is 0.414 e. The van der Waals surface area contributed by atoms with Gasteiger partial charge in [-0.1, -0.05) is 33.3 Å². The van der Waals surface area contributed by atoms with E-state index < -0.39 is 38.0 Å². The molecule has 0 bridgehead atoms. The standard InChI is InChI=1S/C35H55N3O11Si/c1-35(2,3)50(4,5)49-25-24-48-23-22-47-21-20-46-19-18-45-17-16-44-15-8-6-7-12-29(39)36-27-11-9-10-26-31(27)34(43)38(33(26)42)28-13-14-30(40)37-32(28)41/h9-11,28H,6-8,12-25H2,1-5H3,(H,36,39)(H,37,40,41). The highest BCUT2D eigenvalue weighted by molar-refractivity contribution is 6.74. The summed E-state index contributed by atoms with van der Waals surface area (Å²) in [6.07, 6.45) is 2.50. The molecule has 1 unspecified atom stereocenters. The molecule has 1 atom stereocenters. The molecule has 2 N–H and O–H groups in total. The Balaban J connectivity index is 1.13. The van der Waals surface area contributed by atoms with E-state index >= 15 is 0 Å². The van der Waals surface area contributed by atoms with Gasteiger partial charge in [-0.15, -0.1) is 0 Å². The van der Waals surface area contributed by atoms with Crippen LogP contribution in [0, 0.1) is 0 Å². The average molecular weight is 722 g/mol. The number of carbonyl (C=O) groups excluding carboxylic acids is 5. The molecule has 0 radical (unpaired) electrons. The van der Waals surface area contributed by atoms with Crippen LogP contribution in [-0.2, 0) is 42.5 Å². The molecular formula is C35H55N3O11Si. The molecule has 1 saturated heterocycles. The number of ether oxygens (including phenoxy) is 5. The van der Waals surface area contributed by atoms with E-state index in [1.807, 2.05) is 0 Å². The number of nitrogens with one attached hydrogen (secondary N) is 2. The van der Waals surface area contributed by atoms with Crippen LogP contribution in [0.15, 0.2) is 18.2 Å². The number of piperidine rings is 1. The smallest absolute Gasteiger partial charge is 0.264 e. The molecule has 5 amide bonds. The Bertz CT molecular complexity index is 1300. The second-order valence-electron chi connectivity index (χ2n) is 13.7. The maximum atomic E-state index is 13.2. The summed E-state index contributed by atoms with van der Waals surface area (Å²) in [5, 5.41) is 5.10. The van der Waals surface area contributed by atoms with Crippen molar-refractivity contribution in [2.24, 2.45) is 0 Å². The Morgan fingerprint density at radius 1 is 0.800 bits per heavy atom. The summed E-state index contributed by atoms with van der Waals surface area (Å²) in [5.41, 5.74) is 0.401. The maximum absolute atomic E-state index is 13.2. The highest BCUT2D eigenvalue weighted by Gasteiger charge is 2.45. The number of rotatable bonds is 24. The fourth-order valence-corrected chi connectivity index (χ4v) is 6.08. The lowest BCUT2D eigenvalue weighted by Crippen LogP contribution is -2.54. The first-order chi connectivity index (χ1) is 23.8. The van der Waals surface area contributed by atoms with Gasteiger partial charge in [0.15, 0.2) is 8.32 Å². The third-order valence-electron chi connectivity index (χ3n) is 8.92. The number of benzene rings is 1. The summed E-state index contributed by atoms with van der Waals surface area (Å²) in [6.45, 7) is 16.7. The second kappa shape index (κ2) is 20.7. The zero-order valence-electron chi connectivity index (χ0n) is 30.3. The highest BCUT2D eigenvalue weighted by atomic mass is 28.4. The van der Waals surface area contributed by atoms with Gasteiger partial charge in [0.2, 0.25) is 17.7 Å². The Hall–Kier alpha value is -3.05. The predicted octanol–water partition coefficient (Wildman–Crippen LogP) is 3.69. The number of fused-ring (bicyclic) bond motifs is 1. The minimum atomic E-state index is -1.73. The van der Waals surface area contributed by atoms with Crippen molar-refractivity contribution < 1.29 is 52.1 Å². The van der Waals surface area contributed by atoms with Crippen LogP contribution in [0.1, 0.15) is 80.0 Å². The van der Waals surface area contributed by atoms with Gasteiger partial charge in [0.1, 0.15) is 6.04 Å². The van der Waals surface area contributed by atoms with Crippen molar-refractivity contribution in [3.05, 3.63) is 29.3 Å². The van der Waals surface area contributed by atoms with E-state index in [1.165, 1.54) is 6.07 Å². The van der Waals surface area contributed by atoms with E-state index in [4.69, 9.17) is 28.1 Å². The fourth-order valence-electron chi connectivity index (χ4n) is 5.05. The summed E-state index contributed by atoms with van der Waals surface area (Å²) in [6, 6.07) is 3.55. The highest BCUT2D eigenvalue weighted by Crippen LogP contribution is 2.36. The third-order valence-corrected chi connectivity index (χ3v) is 13.5. The van der Waals surface area contributed by atoms with E-state index in [0.29, 0.717) is 79.1 Å². The van der Waals surface area contributed by atoms with Crippen LogP contribution in [0.4, 0.5) is 5.69 Å². The van der Waals surface area contributed by atoms with E-state index in [0.717, 1.165) is 17.7 Å². The Morgan fingerprint density at radius 2 is 1.36 bits per heavy atom. The number of unbranched alkanes of at least 4 members (excludes halogenated alkanes) is 2. The number of carbonyl (C=O) groups is 5. The monoisotopic (exact) mass is 721 g/mol. The summed E-state index contributed by atoms with van der Waals surface area (Å²) < 4.78 is 33.8. The minimum Gasteiger partial charge on any atom is -0.414 e. The lowest BCUT2D eigenvalue weighted by Gasteiger charge is -2.36. The molecule has 1 aromatic carbocycles. The van der Waals surface area contributed by atoms with Crippen molar-refractivity contribution in [2.75, 3.05) is 78.0 Å². The zero-order chi connectivity index (χ0) is 36.6. The van der Waals surface area contributed by atoms with Crippen LogP contribution in [0.3, 0.4) is 0 Å². The molecule has 1 aromatic rings. The lowest BCUT2D eigenvalue weighted by molar-refractivity contribution is -0.136. The fraction of sp³-hybridized carbons (Fsp3) is 0.686. The van der Waals surface area contributed by atoms with Crippen molar-refractivity contribution in [1.82, 2.24) is 10.2 Å². The van der Waals surface area contributed by atoms with Crippen LogP contribution in [0.5, 0.6) is 0 Å². The molecule has 1 fully saturated rings. The summed E-state index contributed by atoms with van der Waals surface area (Å²) in [4.78, 5) is 63.4. The van der Waals surface area contributed by atoms with Gasteiger partial charge in [0.05, 0.1) is 82.9 Å². The molecule has 2 aliphatic heterocycles. The molecule has 2 aliphatic rings. The van der Waals surface area contributed by atoms with Gasteiger partial charge in [-0.05, 0) is 49.5 Å². The van der Waals surface area contributed by atoms with E-state index in [2.05, 4.69) is 44.5 Å². The quantitative estimate of drug-likeness (QED) is 0.0908. The summed E-state index contributed by atoms with van der Waals surface area (Å²) >= 11 is 0. The van der Waals surface area contributed by atoms with Crippen LogP contribution in [0.2, 0.25) is 18.1 Å². The van der Waals surface area contributed by atoms with E-state index in [9.17, 15) is 24.0 Å². The molecular weight excluding hydrogens is 666 g/mol. The SMILES string of the molecule is CC(C)(C)[Si](C)(C)OCCOCCOCCOCCOCCOCCCCCC(=O)Nc1cccc2c1C(=O)N(C1CCC(=O)NC1=O)C2=O. The molecule has 14 nitrogen and oxygen atoms in total. The number of hydrogen-bond acceptors (Lipinski definition) is 11. The van der Waals surface area contributed by atoms with Crippen molar-refractivity contribution in [2.45, 2.75) is 83.5 Å². The van der Waals surface area contributed by atoms with Gasteiger partial charge in [0.25, 0.3) is 11.8 Å². The van der Waals surface area contributed by atoms with Crippen molar-refractivity contribution in [1.29, 1.82) is 0 Å². The molecule has 15 heteroatoms. The molecule has 0 spiro atoms. The summed E-state index contributed by atoms with van der Waals surface area (Å²) in [5.74, 6) is -2.69. The third kappa shape index (κ3) is 12.9. The molecule has 3 rings (SSSR count).